The second-order valence-electron chi connectivity index (χ2n) is 10.3. The van der Waals surface area contributed by atoms with E-state index < -0.39 is 0 Å². The van der Waals surface area contributed by atoms with Crippen molar-refractivity contribution in [2.75, 3.05) is 5.75 Å². The van der Waals surface area contributed by atoms with Crippen molar-refractivity contribution in [2.45, 2.75) is 107 Å². The van der Waals surface area contributed by atoms with Crippen molar-refractivity contribution in [2.24, 2.45) is 0 Å². The lowest BCUT2D eigenvalue weighted by Gasteiger charge is -2.43. The van der Waals surface area contributed by atoms with Gasteiger partial charge in [-0.05, 0) is 73.4 Å². The van der Waals surface area contributed by atoms with Crippen molar-refractivity contribution >= 4 is 27.9 Å². The van der Waals surface area contributed by atoms with Crippen molar-refractivity contribution in [1.82, 2.24) is 0 Å². The number of hydrogen-bond acceptors (Lipinski definition) is 4. The van der Waals surface area contributed by atoms with E-state index in [1.807, 2.05) is 23.9 Å². The van der Waals surface area contributed by atoms with Gasteiger partial charge < -0.3 is 10.2 Å². The van der Waals surface area contributed by atoms with E-state index in [9.17, 15) is 14.4 Å². The summed E-state index contributed by atoms with van der Waals surface area (Å²) in [6.45, 7) is 4.56. The molecular weight excluding hydrogens is 472 g/mol. The molecule has 35 heavy (non-hydrogen) atoms. The fraction of sp³-hybridized carbons (Fsp3) is 0.567. The Labute approximate surface area is 219 Å². The molecule has 0 amide bonds. The molecule has 0 radical (unpaired) electrons. The monoisotopic (exact) mass is 514 g/mol. The first-order valence-corrected chi connectivity index (χ1v) is 15.1. The van der Waals surface area contributed by atoms with Gasteiger partial charge in [0.25, 0.3) is 0 Å². The highest BCUT2D eigenvalue weighted by atomic mass is 32.2. The minimum Gasteiger partial charge on any atom is -0.508 e. The lowest BCUT2D eigenvalue weighted by molar-refractivity contribution is 0.371. The van der Waals surface area contributed by atoms with Crippen LogP contribution < -0.4 is 0 Å². The number of aromatic hydroxyl groups is 2. The van der Waals surface area contributed by atoms with Crippen LogP contribution in [0.3, 0.4) is 0 Å². The third-order valence-corrected chi connectivity index (χ3v) is 9.62. The predicted molar refractivity (Wildman–Crippen MR) is 151 cm³/mol. The topological polar surface area (TPSA) is 57.5 Å². The highest BCUT2D eigenvalue weighted by Crippen LogP contribution is 2.52. The Morgan fingerprint density at radius 3 is 2.23 bits per heavy atom. The van der Waals surface area contributed by atoms with Crippen LogP contribution >= 0.6 is 11.8 Å². The van der Waals surface area contributed by atoms with Crippen LogP contribution in [-0.2, 0) is 16.7 Å². The average Bonchev–Trinajstić information content (AvgIpc) is 2.86. The van der Waals surface area contributed by atoms with Gasteiger partial charge >= 0.3 is 0 Å². The fourth-order valence-corrected chi connectivity index (χ4v) is 7.23. The van der Waals surface area contributed by atoms with Crippen LogP contribution in [0.1, 0.15) is 108 Å². The Hall–Kier alpha value is -1.72. The van der Waals surface area contributed by atoms with E-state index in [0.29, 0.717) is 17.4 Å². The second-order valence-corrected chi connectivity index (χ2v) is 12.0. The minimum absolute atomic E-state index is 0.0116. The standard InChI is InChI=1S/C30H42O3S2/c1-3-4-9-12-26(35-33)13-10-7-5-6-8-11-14-28-27-20-19-25(32)21-29(27)34-22-30(28,2)23-15-17-24(31)18-16-23/h15-21,28,31-32H,3-14,22H2,1-2H3. The van der Waals surface area contributed by atoms with Gasteiger partial charge in [-0.25, -0.2) is 4.21 Å². The first-order chi connectivity index (χ1) is 17.0. The van der Waals surface area contributed by atoms with Gasteiger partial charge in [-0.2, -0.15) is 0 Å². The molecule has 0 aromatic heterocycles. The number of fused-ring (bicyclic) bond motifs is 1. The van der Waals surface area contributed by atoms with Gasteiger partial charge in [-0.1, -0.05) is 77.0 Å². The van der Waals surface area contributed by atoms with Crippen LogP contribution in [0.15, 0.2) is 47.4 Å². The molecule has 2 aromatic rings. The predicted octanol–water partition coefficient (Wildman–Crippen LogP) is 8.33. The molecule has 2 unspecified atom stereocenters. The number of rotatable bonds is 14. The van der Waals surface area contributed by atoms with Crippen molar-refractivity contribution in [1.29, 1.82) is 0 Å². The summed E-state index contributed by atoms with van der Waals surface area (Å²) < 4.78 is 11.3. The van der Waals surface area contributed by atoms with Gasteiger partial charge in [0.2, 0.25) is 0 Å². The molecule has 0 fully saturated rings. The fourth-order valence-electron chi connectivity index (χ4n) is 5.37. The van der Waals surface area contributed by atoms with Gasteiger partial charge in [0.15, 0.2) is 0 Å². The molecule has 5 heteroatoms. The molecule has 0 bridgehead atoms. The Morgan fingerprint density at radius 1 is 0.914 bits per heavy atom. The first kappa shape index (κ1) is 27.9. The zero-order valence-electron chi connectivity index (χ0n) is 21.4. The lowest BCUT2D eigenvalue weighted by Crippen LogP contribution is -2.36. The van der Waals surface area contributed by atoms with E-state index >= 15 is 0 Å². The van der Waals surface area contributed by atoms with Crippen molar-refractivity contribution in [3.8, 4) is 11.5 Å². The smallest absolute Gasteiger partial charge is 0.116 e. The van der Waals surface area contributed by atoms with Gasteiger partial charge in [-0.3, -0.25) is 0 Å². The van der Waals surface area contributed by atoms with E-state index in [-0.39, 0.29) is 5.41 Å². The molecule has 0 saturated heterocycles. The summed E-state index contributed by atoms with van der Waals surface area (Å²) in [4.78, 5) is 2.35. The molecule has 2 atom stereocenters. The Balaban J connectivity index is 1.51. The molecule has 2 N–H and O–H groups in total. The van der Waals surface area contributed by atoms with E-state index in [0.717, 1.165) is 54.0 Å². The summed E-state index contributed by atoms with van der Waals surface area (Å²) in [7, 11) is 0. The molecule has 1 heterocycles. The maximum absolute atomic E-state index is 11.3. The highest BCUT2D eigenvalue weighted by molar-refractivity contribution is 7.99. The molecule has 1 aliphatic heterocycles. The van der Waals surface area contributed by atoms with Crippen LogP contribution in [0, 0.1) is 0 Å². The number of phenols is 2. The second kappa shape index (κ2) is 14.1. The number of benzene rings is 2. The van der Waals surface area contributed by atoms with E-state index in [4.69, 9.17) is 0 Å². The Morgan fingerprint density at radius 2 is 1.54 bits per heavy atom. The van der Waals surface area contributed by atoms with Gasteiger partial charge in [0.05, 0.1) is 11.3 Å². The average molecular weight is 515 g/mol. The third kappa shape index (κ3) is 7.88. The first-order valence-electron chi connectivity index (χ1n) is 13.4. The molecule has 0 aliphatic carbocycles. The number of hydrogen-bond donors (Lipinski definition) is 2. The Kier molecular flexibility index (Phi) is 11.2. The van der Waals surface area contributed by atoms with E-state index in [1.165, 1.54) is 61.0 Å². The molecule has 192 valence electrons. The highest BCUT2D eigenvalue weighted by Gasteiger charge is 2.41. The van der Waals surface area contributed by atoms with Gasteiger partial charge in [0, 0.05) is 20.9 Å². The number of phenolic OH excluding ortho intramolecular Hbond substituents is 2. The molecule has 0 saturated carbocycles. The van der Waals surface area contributed by atoms with E-state index in [1.54, 1.807) is 12.1 Å². The van der Waals surface area contributed by atoms with Crippen molar-refractivity contribution < 1.29 is 14.4 Å². The summed E-state index contributed by atoms with van der Waals surface area (Å²) in [6.07, 6.45) is 14.0. The maximum Gasteiger partial charge on any atom is 0.116 e. The van der Waals surface area contributed by atoms with Gasteiger partial charge in [-0.15, -0.1) is 11.8 Å². The Bertz CT molecular complexity index is 982. The molecule has 0 spiro atoms. The summed E-state index contributed by atoms with van der Waals surface area (Å²) in [5, 5.41) is 19.8. The normalized spacial score (nSPS) is 19.3. The minimum atomic E-state index is -0.0116. The molecule has 2 aromatic carbocycles. The summed E-state index contributed by atoms with van der Waals surface area (Å²) in [6, 6.07) is 13.6. The van der Waals surface area contributed by atoms with Gasteiger partial charge in [0.1, 0.15) is 11.5 Å². The number of unbranched alkanes of at least 4 members (excludes halogenated alkanes) is 7. The van der Waals surface area contributed by atoms with Crippen LogP contribution in [0.4, 0.5) is 0 Å². The largest absolute Gasteiger partial charge is 0.508 e. The lowest BCUT2D eigenvalue weighted by atomic mass is 9.68. The molecule has 3 nitrogen and oxygen atoms in total. The summed E-state index contributed by atoms with van der Waals surface area (Å²) in [5.41, 5.74) is 2.60. The van der Waals surface area contributed by atoms with Crippen LogP contribution in [0.25, 0.3) is 0 Å². The molecular formula is C30H42O3S2. The zero-order valence-corrected chi connectivity index (χ0v) is 23.1. The summed E-state index contributed by atoms with van der Waals surface area (Å²) in [5.74, 6) is 2.00. The van der Waals surface area contributed by atoms with Crippen LogP contribution in [-0.4, -0.2) is 25.0 Å². The molecule has 3 rings (SSSR count). The van der Waals surface area contributed by atoms with Crippen molar-refractivity contribution in [3.05, 3.63) is 53.6 Å². The summed E-state index contributed by atoms with van der Waals surface area (Å²) >= 11 is 2.56. The maximum atomic E-state index is 11.3. The van der Waals surface area contributed by atoms with Crippen molar-refractivity contribution in [3.63, 3.8) is 0 Å². The quantitative estimate of drug-likeness (QED) is 0.196. The molecule has 1 aliphatic rings. The zero-order chi connectivity index (χ0) is 25.1. The third-order valence-electron chi connectivity index (χ3n) is 7.57. The van der Waals surface area contributed by atoms with Crippen LogP contribution in [0.5, 0.6) is 11.5 Å². The van der Waals surface area contributed by atoms with E-state index in [2.05, 4.69) is 32.0 Å². The van der Waals surface area contributed by atoms with Crippen LogP contribution in [0.2, 0.25) is 0 Å². The number of thioether (sulfide) groups is 1. The SMILES string of the molecule is CCCCCC(CCCCCCCCC1c2ccc(O)cc2SCC1(C)c1ccc(O)cc1)=S=O.